The lowest BCUT2D eigenvalue weighted by Crippen LogP contribution is -2.37. The molecular formula is C20H19F3N2O3. The number of benzene rings is 2. The number of hydrogen-bond acceptors (Lipinski definition) is 3. The van der Waals surface area contributed by atoms with Crippen LogP contribution in [0.2, 0.25) is 0 Å². The molecule has 2 amide bonds. The van der Waals surface area contributed by atoms with Gasteiger partial charge in [-0.2, -0.15) is 13.2 Å². The largest absolute Gasteiger partial charge is 0.507 e. The van der Waals surface area contributed by atoms with Crippen molar-refractivity contribution in [2.24, 2.45) is 0 Å². The predicted molar refractivity (Wildman–Crippen MR) is 95.6 cm³/mol. The molecule has 1 atom stereocenters. The fraction of sp³-hybridized carbons (Fsp3) is 0.300. The normalized spacial score (nSPS) is 17.1. The van der Waals surface area contributed by atoms with Crippen molar-refractivity contribution in [3.63, 3.8) is 0 Å². The summed E-state index contributed by atoms with van der Waals surface area (Å²) in [5.74, 6) is -1.55. The lowest BCUT2D eigenvalue weighted by Gasteiger charge is -2.18. The van der Waals surface area contributed by atoms with Gasteiger partial charge in [0.05, 0.1) is 17.2 Å². The van der Waals surface area contributed by atoms with Gasteiger partial charge in [-0.05, 0) is 30.7 Å². The molecule has 1 saturated heterocycles. The molecule has 2 aromatic carbocycles. The molecule has 1 unspecified atom stereocenters. The molecule has 148 valence electrons. The average Bonchev–Trinajstić information content (AvgIpc) is 2.93. The first-order valence-corrected chi connectivity index (χ1v) is 8.68. The first kappa shape index (κ1) is 19.7. The van der Waals surface area contributed by atoms with Crippen LogP contribution in [0.4, 0.5) is 13.2 Å². The van der Waals surface area contributed by atoms with Crippen LogP contribution in [0.25, 0.3) is 0 Å². The van der Waals surface area contributed by atoms with E-state index in [4.69, 9.17) is 0 Å². The zero-order valence-electron chi connectivity index (χ0n) is 15.1. The van der Waals surface area contributed by atoms with E-state index in [2.05, 4.69) is 5.32 Å². The van der Waals surface area contributed by atoms with E-state index in [1.807, 2.05) is 31.2 Å². The van der Waals surface area contributed by atoms with Crippen LogP contribution < -0.4 is 5.32 Å². The van der Waals surface area contributed by atoms with Crippen molar-refractivity contribution in [2.75, 3.05) is 6.54 Å². The Morgan fingerprint density at radius 3 is 2.68 bits per heavy atom. The van der Waals surface area contributed by atoms with Crippen molar-refractivity contribution in [3.05, 3.63) is 64.7 Å². The van der Waals surface area contributed by atoms with Crippen molar-refractivity contribution in [2.45, 2.75) is 32.1 Å². The number of phenolic OH excluding ortho intramolecular Hbond substituents is 1. The average molecular weight is 392 g/mol. The SMILES string of the molecule is Cc1cccc(CN2CC(NC(=O)c3cc(C(F)(F)F)ccc3O)CC2=O)c1. The van der Waals surface area contributed by atoms with Gasteiger partial charge in [-0.15, -0.1) is 0 Å². The fourth-order valence-corrected chi connectivity index (χ4v) is 3.21. The van der Waals surface area contributed by atoms with Crippen molar-refractivity contribution in [1.29, 1.82) is 0 Å². The third-order valence-corrected chi connectivity index (χ3v) is 4.57. The molecule has 3 rings (SSSR count). The summed E-state index contributed by atoms with van der Waals surface area (Å²) in [6.45, 7) is 2.58. The third kappa shape index (κ3) is 4.44. The Morgan fingerprint density at radius 2 is 2.00 bits per heavy atom. The van der Waals surface area contributed by atoms with Gasteiger partial charge in [-0.3, -0.25) is 9.59 Å². The number of alkyl halides is 3. The number of aryl methyl sites for hydroxylation is 1. The highest BCUT2D eigenvalue weighted by Gasteiger charge is 2.34. The maximum absolute atomic E-state index is 12.8. The molecule has 2 aromatic rings. The highest BCUT2D eigenvalue weighted by molar-refractivity contribution is 5.97. The summed E-state index contributed by atoms with van der Waals surface area (Å²) in [4.78, 5) is 26.2. The molecule has 28 heavy (non-hydrogen) atoms. The second kappa shape index (κ2) is 7.53. The van der Waals surface area contributed by atoms with Gasteiger partial charge in [-0.1, -0.05) is 29.8 Å². The van der Waals surface area contributed by atoms with E-state index in [1.54, 1.807) is 4.90 Å². The predicted octanol–water partition coefficient (Wildman–Crippen LogP) is 3.25. The maximum atomic E-state index is 12.8. The highest BCUT2D eigenvalue weighted by Crippen LogP contribution is 2.32. The molecule has 8 heteroatoms. The number of phenols is 1. The Morgan fingerprint density at radius 1 is 1.25 bits per heavy atom. The summed E-state index contributed by atoms with van der Waals surface area (Å²) in [7, 11) is 0. The van der Waals surface area contributed by atoms with Crippen LogP contribution in [-0.4, -0.2) is 34.4 Å². The van der Waals surface area contributed by atoms with Gasteiger partial charge in [0, 0.05) is 19.5 Å². The number of halogens is 3. The van der Waals surface area contributed by atoms with Crippen molar-refractivity contribution < 1.29 is 27.9 Å². The Balaban J connectivity index is 1.68. The smallest absolute Gasteiger partial charge is 0.416 e. The van der Waals surface area contributed by atoms with Gasteiger partial charge in [-0.25, -0.2) is 0 Å². The fourth-order valence-electron chi connectivity index (χ4n) is 3.21. The quantitative estimate of drug-likeness (QED) is 0.839. The van der Waals surface area contributed by atoms with Gasteiger partial charge < -0.3 is 15.3 Å². The molecule has 0 aliphatic carbocycles. The monoisotopic (exact) mass is 392 g/mol. The van der Waals surface area contributed by atoms with E-state index < -0.39 is 35.0 Å². The van der Waals surface area contributed by atoms with E-state index in [-0.39, 0.29) is 18.9 Å². The van der Waals surface area contributed by atoms with E-state index in [0.29, 0.717) is 18.7 Å². The number of rotatable bonds is 4. The van der Waals surface area contributed by atoms with Crippen LogP contribution in [0, 0.1) is 6.92 Å². The Labute approximate surface area is 159 Å². The lowest BCUT2D eigenvalue weighted by molar-refractivity contribution is -0.137. The van der Waals surface area contributed by atoms with Crippen molar-refractivity contribution in [1.82, 2.24) is 10.2 Å². The van der Waals surface area contributed by atoms with Crippen LogP contribution in [-0.2, 0) is 17.5 Å². The minimum atomic E-state index is -4.63. The topological polar surface area (TPSA) is 69.6 Å². The molecule has 0 aromatic heterocycles. The number of aromatic hydroxyl groups is 1. The maximum Gasteiger partial charge on any atom is 0.416 e. The number of nitrogens with zero attached hydrogens (tertiary/aromatic N) is 1. The molecule has 0 bridgehead atoms. The summed E-state index contributed by atoms with van der Waals surface area (Å²) in [5, 5.41) is 12.3. The van der Waals surface area contributed by atoms with E-state index in [9.17, 15) is 27.9 Å². The minimum Gasteiger partial charge on any atom is -0.507 e. The zero-order valence-corrected chi connectivity index (χ0v) is 15.1. The second-order valence-electron chi connectivity index (χ2n) is 6.87. The summed E-state index contributed by atoms with van der Waals surface area (Å²) >= 11 is 0. The Bertz CT molecular complexity index is 912. The summed E-state index contributed by atoms with van der Waals surface area (Å²) in [5.41, 5.74) is 0.517. The molecule has 2 N–H and O–H groups in total. The van der Waals surface area contributed by atoms with Gasteiger partial charge >= 0.3 is 6.18 Å². The number of amides is 2. The first-order chi connectivity index (χ1) is 13.1. The molecule has 1 aliphatic heterocycles. The zero-order chi connectivity index (χ0) is 20.5. The lowest BCUT2D eigenvalue weighted by atomic mass is 10.1. The first-order valence-electron chi connectivity index (χ1n) is 8.68. The Kier molecular flexibility index (Phi) is 5.31. The molecule has 1 heterocycles. The van der Waals surface area contributed by atoms with E-state index in [1.165, 1.54) is 0 Å². The molecule has 5 nitrogen and oxygen atoms in total. The van der Waals surface area contributed by atoms with Gasteiger partial charge in [0.25, 0.3) is 5.91 Å². The number of hydrogen-bond donors (Lipinski definition) is 2. The van der Waals surface area contributed by atoms with E-state index >= 15 is 0 Å². The van der Waals surface area contributed by atoms with Crippen molar-refractivity contribution >= 4 is 11.8 Å². The Hall–Kier alpha value is -3.03. The molecule has 1 aliphatic rings. The summed E-state index contributed by atoms with van der Waals surface area (Å²) < 4.78 is 38.5. The number of carbonyl (C=O) groups is 2. The van der Waals surface area contributed by atoms with Crippen molar-refractivity contribution in [3.8, 4) is 5.75 Å². The van der Waals surface area contributed by atoms with Crippen LogP contribution in [0.15, 0.2) is 42.5 Å². The molecule has 0 radical (unpaired) electrons. The summed E-state index contributed by atoms with van der Waals surface area (Å²) in [6, 6.07) is 9.29. The van der Waals surface area contributed by atoms with Crippen LogP contribution in [0.3, 0.4) is 0 Å². The van der Waals surface area contributed by atoms with Crippen LogP contribution >= 0.6 is 0 Å². The number of carbonyl (C=O) groups excluding carboxylic acids is 2. The second-order valence-corrected chi connectivity index (χ2v) is 6.87. The molecule has 1 fully saturated rings. The molecule has 0 saturated carbocycles. The summed E-state index contributed by atoms with van der Waals surface area (Å²) in [6.07, 6.45) is -4.58. The number of nitrogens with one attached hydrogen (secondary N) is 1. The molecule has 0 spiro atoms. The van der Waals surface area contributed by atoms with Crippen LogP contribution in [0.1, 0.15) is 33.5 Å². The number of likely N-dealkylation sites (tertiary alicyclic amines) is 1. The third-order valence-electron chi connectivity index (χ3n) is 4.57. The van der Waals surface area contributed by atoms with Crippen LogP contribution in [0.5, 0.6) is 5.75 Å². The molecular weight excluding hydrogens is 373 g/mol. The van der Waals surface area contributed by atoms with E-state index in [0.717, 1.165) is 17.2 Å². The highest BCUT2D eigenvalue weighted by atomic mass is 19.4. The van der Waals surface area contributed by atoms with Gasteiger partial charge in [0.1, 0.15) is 5.75 Å². The standard InChI is InChI=1S/C20H19F3N2O3/c1-12-3-2-4-13(7-12)10-25-11-15(9-18(25)27)24-19(28)16-8-14(20(21,22)23)5-6-17(16)26/h2-8,15,26H,9-11H2,1H3,(H,24,28). The van der Waals surface area contributed by atoms with Gasteiger partial charge in [0.15, 0.2) is 0 Å². The minimum absolute atomic E-state index is 0.0529. The van der Waals surface area contributed by atoms with Gasteiger partial charge in [0.2, 0.25) is 5.91 Å².